The molecule has 1 N–H and O–H groups in total. The number of anilines is 1. The molecule has 4 nitrogen and oxygen atoms in total. The lowest BCUT2D eigenvalue weighted by atomic mass is 9.98. The van der Waals surface area contributed by atoms with Gasteiger partial charge in [-0.3, -0.25) is 9.59 Å². The van der Waals surface area contributed by atoms with Crippen molar-refractivity contribution in [3.8, 4) is 6.07 Å². The molecule has 2 rings (SSSR count). The molecule has 0 aromatic heterocycles. The van der Waals surface area contributed by atoms with Gasteiger partial charge in [0.2, 0.25) is 5.91 Å². The molecule has 0 fully saturated rings. The van der Waals surface area contributed by atoms with Gasteiger partial charge in [0.15, 0.2) is 11.7 Å². The van der Waals surface area contributed by atoms with Gasteiger partial charge in [0.25, 0.3) is 0 Å². The Bertz CT molecular complexity index is 738. The molecule has 2 aromatic carbocycles. The molecule has 2 aromatic rings. The molecule has 0 aliphatic rings. The number of nitrogens with one attached hydrogen (secondary N) is 1. The maximum Gasteiger partial charge on any atom is 0.249 e. The van der Waals surface area contributed by atoms with Crippen molar-refractivity contribution in [1.29, 1.82) is 5.26 Å². The number of halogens is 1. The molecule has 0 saturated carbocycles. The number of benzene rings is 2. The van der Waals surface area contributed by atoms with Gasteiger partial charge in [-0.15, -0.1) is 0 Å². The van der Waals surface area contributed by atoms with Gasteiger partial charge in [-0.2, -0.15) is 5.26 Å². The fourth-order valence-electron chi connectivity index (χ4n) is 2.10. The number of aryl methyl sites for hydroxylation is 1. The minimum absolute atomic E-state index is 0.137. The van der Waals surface area contributed by atoms with Crippen LogP contribution in [0.5, 0.6) is 0 Å². The number of ketones is 1. The van der Waals surface area contributed by atoms with Gasteiger partial charge in [-0.25, -0.2) is 0 Å². The van der Waals surface area contributed by atoms with E-state index in [9.17, 15) is 9.59 Å². The lowest BCUT2D eigenvalue weighted by Gasteiger charge is -2.10. The first-order valence-corrected chi connectivity index (χ1v) is 7.51. The Morgan fingerprint density at radius 3 is 2.39 bits per heavy atom. The van der Waals surface area contributed by atoms with Crippen LogP contribution in [0.1, 0.15) is 12.0 Å². The molecule has 0 bridgehead atoms. The quantitative estimate of drug-likeness (QED) is 0.824. The van der Waals surface area contributed by atoms with Crippen molar-refractivity contribution < 1.29 is 9.59 Å². The number of rotatable bonds is 6. The molecule has 0 aliphatic heterocycles. The predicted molar refractivity (Wildman–Crippen MR) is 89.0 cm³/mol. The van der Waals surface area contributed by atoms with E-state index in [4.69, 9.17) is 16.9 Å². The van der Waals surface area contributed by atoms with Gasteiger partial charge >= 0.3 is 0 Å². The van der Waals surface area contributed by atoms with Crippen molar-refractivity contribution in [2.75, 3.05) is 5.32 Å². The molecule has 0 aliphatic carbocycles. The molecule has 23 heavy (non-hydrogen) atoms. The predicted octanol–water partition coefficient (Wildman–Crippen LogP) is 3.62. The van der Waals surface area contributed by atoms with Crippen LogP contribution in [0.4, 0.5) is 5.69 Å². The number of hydrogen-bond donors (Lipinski definition) is 1. The fourth-order valence-corrected chi connectivity index (χ4v) is 2.28. The van der Waals surface area contributed by atoms with E-state index in [1.807, 2.05) is 30.3 Å². The zero-order chi connectivity index (χ0) is 16.7. The topological polar surface area (TPSA) is 70.0 Å². The largest absolute Gasteiger partial charge is 0.323 e. The Balaban J connectivity index is 1.98. The Kier molecular flexibility index (Phi) is 5.90. The molecule has 0 unspecified atom stereocenters. The van der Waals surface area contributed by atoms with Gasteiger partial charge in [-0.05, 0) is 24.1 Å². The second kappa shape index (κ2) is 8.11. The number of Topliss-reactive ketones (excluding diaryl/α,β-unsaturated/α-hetero) is 1. The van der Waals surface area contributed by atoms with E-state index in [1.54, 1.807) is 30.3 Å². The van der Waals surface area contributed by atoms with Crippen LogP contribution in [0, 0.1) is 17.2 Å². The summed E-state index contributed by atoms with van der Waals surface area (Å²) in [6.45, 7) is 0. The number of nitrogens with zero attached hydrogens (tertiary/aromatic N) is 1. The second-order valence-electron chi connectivity index (χ2n) is 4.98. The number of carbonyl (C=O) groups is 2. The van der Waals surface area contributed by atoms with E-state index < -0.39 is 17.6 Å². The highest BCUT2D eigenvalue weighted by molar-refractivity contribution is 6.33. The maximum atomic E-state index is 12.1. The van der Waals surface area contributed by atoms with E-state index in [2.05, 4.69) is 5.32 Å². The van der Waals surface area contributed by atoms with Gasteiger partial charge in [0, 0.05) is 6.42 Å². The summed E-state index contributed by atoms with van der Waals surface area (Å²) >= 11 is 5.95. The molecule has 116 valence electrons. The molecule has 0 saturated heterocycles. The van der Waals surface area contributed by atoms with Gasteiger partial charge in [0.05, 0.1) is 16.8 Å². The zero-order valence-electron chi connectivity index (χ0n) is 12.3. The fraction of sp³-hybridized carbons (Fsp3) is 0.167. The number of amides is 1. The van der Waals surface area contributed by atoms with Gasteiger partial charge in [-0.1, -0.05) is 54.1 Å². The summed E-state index contributed by atoms with van der Waals surface area (Å²) in [5.41, 5.74) is 1.37. The average molecular weight is 327 g/mol. The first kappa shape index (κ1) is 16.7. The molecule has 5 heteroatoms. The van der Waals surface area contributed by atoms with Crippen molar-refractivity contribution in [1.82, 2.24) is 0 Å². The summed E-state index contributed by atoms with van der Waals surface area (Å²) in [6.07, 6.45) is 0.634. The number of para-hydroxylation sites is 1. The zero-order valence-corrected chi connectivity index (χ0v) is 13.1. The Hall–Kier alpha value is -2.64. The summed E-state index contributed by atoms with van der Waals surface area (Å²) in [5.74, 6) is -2.39. The standard InChI is InChI=1S/C18H15ClN2O2/c19-15-8-4-5-9-16(15)21-18(23)14(12-20)17(22)11-10-13-6-2-1-3-7-13/h1-9,14H,10-11H2,(H,21,23)/t14-/m0/s1. The van der Waals surface area contributed by atoms with E-state index >= 15 is 0 Å². The summed E-state index contributed by atoms with van der Waals surface area (Å²) < 4.78 is 0. The first-order chi connectivity index (χ1) is 11.1. The number of hydrogen-bond acceptors (Lipinski definition) is 3. The molecular formula is C18H15ClN2O2. The van der Waals surface area contributed by atoms with Crippen molar-refractivity contribution >= 4 is 29.0 Å². The van der Waals surface area contributed by atoms with Crippen LogP contribution in [0.2, 0.25) is 5.02 Å². The third-order valence-corrected chi connectivity index (χ3v) is 3.68. The SMILES string of the molecule is N#C[C@@H](C(=O)CCc1ccccc1)C(=O)Nc1ccccc1Cl. The minimum atomic E-state index is -1.34. The summed E-state index contributed by atoms with van der Waals surface area (Å²) in [6, 6.07) is 17.9. The van der Waals surface area contributed by atoms with Crippen LogP contribution >= 0.6 is 11.6 Å². The second-order valence-corrected chi connectivity index (χ2v) is 5.39. The molecule has 0 heterocycles. The smallest absolute Gasteiger partial charge is 0.249 e. The summed E-state index contributed by atoms with van der Waals surface area (Å²) in [7, 11) is 0. The van der Waals surface area contributed by atoms with Crippen molar-refractivity contribution in [3.63, 3.8) is 0 Å². The monoisotopic (exact) mass is 326 g/mol. The van der Waals surface area contributed by atoms with E-state index in [0.29, 0.717) is 17.1 Å². The summed E-state index contributed by atoms with van der Waals surface area (Å²) in [4.78, 5) is 24.3. The van der Waals surface area contributed by atoms with Crippen LogP contribution in [0.3, 0.4) is 0 Å². The third-order valence-electron chi connectivity index (χ3n) is 3.35. The van der Waals surface area contributed by atoms with Gasteiger partial charge in [0.1, 0.15) is 0 Å². The maximum absolute atomic E-state index is 12.1. The van der Waals surface area contributed by atoms with Crippen molar-refractivity contribution in [2.24, 2.45) is 5.92 Å². The Morgan fingerprint density at radius 1 is 1.09 bits per heavy atom. The molecule has 0 spiro atoms. The van der Waals surface area contributed by atoms with E-state index in [1.165, 1.54) is 0 Å². The lowest BCUT2D eigenvalue weighted by molar-refractivity contribution is -0.128. The highest BCUT2D eigenvalue weighted by atomic mass is 35.5. The molecule has 1 atom stereocenters. The highest BCUT2D eigenvalue weighted by Gasteiger charge is 2.26. The van der Waals surface area contributed by atoms with Crippen LogP contribution in [-0.2, 0) is 16.0 Å². The van der Waals surface area contributed by atoms with Crippen LogP contribution < -0.4 is 5.32 Å². The minimum Gasteiger partial charge on any atom is -0.323 e. The molecule has 1 amide bonds. The number of carbonyl (C=O) groups excluding carboxylic acids is 2. The van der Waals surface area contributed by atoms with E-state index in [-0.39, 0.29) is 6.42 Å². The van der Waals surface area contributed by atoms with Gasteiger partial charge < -0.3 is 5.32 Å². The highest BCUT2D eigenvalue weighted by Crippen LogP contribution is 2.21. The Morgan fingerprint density at radius 2 is 1.74 bits per heavy atom. The lowest BCUT2D eigenvalue weighted by Crippen LogP contribution is -2.28. The average Bonchev–Trinajstić information content (AvgIpc) is 2.57. The molecular weight excluding hydrogens is 312 g/mol. The third kappa shape index (κ3) is 4.67. The summed E-state index contributed by atoms with van der Waals surface area (Å²) in [5, 5.41) is 12.0. The Labute approximate surface area is 139 Å². The normalized spacial score (nSPS) is 11.3. The van der Waals surface area contributed by atoms with Crippen LogP contribution in [-0.4, -0.2) is 11.7 Å². The van der Waals surface area contributed by atoms with Crippen LogP contribution in [0.25, 0.3) is 0 Å². The van der Waals surface area contributed by atoms with Crippen LogP contribution in [0.15, 0.2) is 54.6 Å². The van der Waals surface area contributed by atoms with Crippen molar-refractivity contribution in [3.05, 3.63) is 65.2 Å². The first-order valence-electron chi connectivity index (χ1n) is 7.13. The van der Waals surface area contributed by atoms with Crippen molar-refractivity contribution in [2.45, 2.75) is 12.8 Å². The van der Waals surface area contributed by atoms with E-state index in [0.717, 1.165) is 5.56 Å². The molecule has 0 radical (unpaired) electrons. The number of nitriles is 1.